The molecule has 6 rings (SSSR count). The van der Waals surface area contributed by atoms with E-state index in [2.05, 4.69) is 59.5 Å². The zero-order valence-electron chi connectivity index (χ0n) is 28.9. The third kappa shape index (κ3) is 4.72. The Bertz CT molecular complexity index is 1390. The average Bonchev–Trinajstić information content (AvgIpc) is 3.37. The van der Waals surface area contributed by atoms with E-state index in [0.29, 0.717) is 41.7 Å². The van der Waals surface area contributed by atoms with Gasteiger partial charge in [-0.05, 0) is 145 Å². The Morgan fingerprint density at radius 1 is 0.933 bits per heavy atom. The van der Waals surface area contributed by atoms with Gasteiger partial charge in [-0.1, -0.05) is 65.0 Å². The molecule has 5 nitrogen and oxygen atoms in total. The van der Waals surface area contributed by atoms with E-state index in [-0.39, 0.29) is 33.0 Å². The minimum Gasteiger partial charge on any atom is -0.478 e. The van der Waals surface area contributed by atoms with Crippen molar-refractivity contribution in [3.63, 3.8) is 0 Å². The molecule has 45 heavy (non-hydrogen) atoms. The molecule has 0 spiro atoms. The van der Waals surface area contributed by atoms with Crippen molar-refractivity contribution in [1.82, 2.24) is 5.32 Å². The summed E-state index contributed by atoms with van der Waals surface area (Å²) in [6.45, 7) is 20.9. The average molecular weight is 616 g/mol. The Hall–Kier alpha value is -2.40. The van der Waals surface area contributed by atoms with E-state index in [1.807, 2.05) is 12.1 Å². The molecule has 0 bridgehead atoms. The lowest BCUT2D eigenvalue weighted by atomic mass is 9.32. The fourth-order valence-electron chi connectivity index (χ4n) is 13.0. The van der Waals surface area contributed by atoms with E-state index < -0.39 is 5.97 Å². The summed E-state index contributed by atoms with van der Waals surface area (Å²) in [4.78, 5) is 23.5. The highest BCUT2D eigenvalue weighted by Gasteiger charge is 2.70. The Kier molecular flexibility index (Phi) is 8.03. The summed E-state index contributed by atoms with van der Waals surface area (Å²) >= 11 is 0. The Labute approximate surface area is 271 Å². The summed E-state index contributed by atoms with van der Waals surface area (Å²) in [5.41, 5.74) is 5.30. The molecule has 4 fully saturated rings. The molecule has 1 aromatic carbocycles. The molecular formula is C40H57NO4. The lowest BCUT2D eigenvalue weighted by Gasteiger charge is -2.72. The van der Waals surface area contributed by atoms with Crippen molar-refractivity contribution in [2.24, 2.45) is 56.7 Å². The third-order valence-corrected chi connectivity index (χ3v) is 15.2. The zero-order valence-corrected chi connectivity index (χ0v) is 28.9. The number of fused-ring (bicyclic) bond motifs is 7. The molecule has 2 N–H and O–H groups in total. The molecule has 0 unspecified atom stereocenters. The van der Waals surface area contributed by atoms with Gasteiger partial charge in [0.15, 0.2) is 0 Å². The highest BCUT2D eigenvalue weighted by atomic mass is 16.5. The molecule has 5 aliphatic rings. The number of benzene rings is 1. The van der Waals surface area contributed by atoms with Gasteiger partial charge in [0.25, 0.3) is 0 Å². The van der Waals surface area contributed by atoms with Crippen LogP contribution in [0.25, 0.3) is 5.57 Å². The van der Waals surface area contributed by atoms with Crippen molar-refractivity contribution in [2.45, 2.75) is 99.3 Å². The SMILES string of the molecule is C=C(C)[C@@H]1CC[C@]2(CNCC(=O)OC)CC[C@]3(C)[C@H](CC[C@@H]4[C@@]5(C)CC=C(c6ccc(C(=O)O)cc6)C(C)(C)[C@@H]5CC[C@]43C)[C@@H]12. The summed E-state index contributed by atoms with van der Waals surface area (Å²) in [5, 5.41) is 13.0. The van der Waals surface area contributed by atoms with Gasteiger partial charge in [0.2, 0.25) is 0 Å². The van der Waals surface area contributed by atoms with Crippen LogP contribution in [0.5, 0.6) is 0 Å². The molecule has 5 aliphatic carbocycles. The third-order valence-electron chi connectivity index (χ3n) is 15.2. The second-order valence-corrected chi connectivity index (χ2v) is 17.2. The first kappa shape index (κ1) is 32.5. The first-order valence-electron chi connectivity index (χ1n) is 17.6. The maximum Gasteiger partial charge on any atom is 0.335 e. The molecule has 5 heteroatoms. The Balaban J connectivity index is 1.32. The van der Waals surface area contributed by atoms with Gasteiger partial charge in [0.1, 0.15) is 0 Å². The summed E-state index contributed by atoms with van der Waals surface area (Å²) < 4.78 is 4.95. The van der Waals surface area contributed by atoms with Crippen molar-refractivity contribution >= 4 is 17.5 Å². The number of allylic oxidation sites excluding steroid dienone is 3. The topological polar surface area (TPSA) is 75.6 Å². The van der Waals surface area contributed by atoms with Crippen molar-refractivity contribution in [3.8, 4) is 0 Å². The van der Waals surface area contributed by atoms with Gasteiger partial charge in [-0.15, -0.1) is 0 Å². The number of hydrogen-bond donors (Lipinski definition) is 2. The fourth-order valence-corrected chi connectivity index (χ4v) is 13.0. The van der Waals surface area contributed by atoms with Gasteiger partial charge in [0.05, 0.1) is 19.2 Å². The van der Waals surface area contributed by atoms with Crippen LogP contribution in [0.15, 0.2) is 42.5 Å². The maximum absolute atomic E-state index is 12.0. The number of hydrogen-bond acceptors (Lipinski definition) is 4. The molecule has 0 aliphatic heterocycles. The largest absolute Gasteiger partial charge is 0.478 e. The van der Waals surface area contributed by atoms with E-state index in [0.717, 1.165) is 13.0 Å². The molecule has 0 saturated heterocycles. The van der Waals surface area contributed by atoms with Gasteiger partial charge >= 0.3 is 11.9 Å². The number of carbonyl (C=O) groups is 2. The number of nitrogens with one attached hydrogen (secondary N) is 1. The first-order valence-corrected chi connectivity index (χ1v) is 17.6. The van der Waals surface area contributed by atoms with Crippen LogP contribution in [0.4, 0.5) is 0 Å². The zero-order chi connectivity index (χ0) is 32.6. The van der Waals surface area contributed by atoms with E-state index in [9.17, 15) is 14.7 Å². The Morgan fingerprint density at radius 2 is 1.64 bits per heavy atom. The lowest BCUT2D eigenvalue weighted by Crippen LogP contribution is -2.65. The van der Waals surface area contributed by atoms with Crippen molar-refractivity contribution < 1.29 is 19.4 Å². The van der Waals surface area contributed by atoms with E-state index in [4.69, 9.17) is 4.74 Å². The van der Waals surface area contributed by atoms with Crippen molar-refractivity contribution in [3.05, 3.63) is 53.6 Å². The summed E-state index contributed by atoms with van der Waals surface area (Å²) in [5.74, 6) is 2.06. The number of methoxy groups -OCH3 is 1. The van der Waals surface area contributed by atoms with Crippen LogP contribution in [-0.2, 0) is 9.53 Å². The molecule has 1 aromatic rings. The number of rotatable bonds is 7. The molecule has 0 aromatic heterocycles. The second kappa shape index (κ2) is 11.1. The molecular weight excluding hydrogens is 558 g/mol. The summed E-state index contributed by atoms with van der Waals surface area (Å²) in [6, 6.07) is 7.56. The normalized spacial score (nSPS) is 41.5. The van der Waals surface area contributed by atoms with E-state index >= 15 is 0 Å². The quantitative estimate of drug-likeness (QED) is 0.237. The van der Waals surface area contributed by atoms with Gasteiger partial charge in [0, 0.05) is 6.54 Å². The van der Waals surface area contributed by atoms with Crippen molar-refractivity contribution in [2.75, 3.05) is 20.2 Å². The number of carboxylic acid groups (broad SMARTS) is 1. The highest BCUT2D eigenvalue weighted by molar-refractivity contribution is 5.88. The Morgan fingerprint density at radius 3 is 2.29 bits per heavy atom. The van der Waals surface area contributed by atoms with E-state index in [1.54, 1.807) is 12.1 Å². The van der Waals surface area contributed by atoms with Crippen LogP contribution in [0, 0.1) is 56.7 Å². The molecule has 4 saturated carbocycles. The van der Waals surface area contributed by atoms with Crippen LogP contribution >= 0.6 is 0 Å². The van der Waals surface area contributed by atoms with Crippen LogP contribution in [0.1, 0.15) is 115 Å². The first-order chi connectivity index (χ1) is 21.1. The number of ether oxygens (including phenoxy) is 1. The summed E-state index contributed by atoms with van der Waals surface area (Å²) in [6.07, 6.45) is 13.7. The molecule has 9 atom stereocenters. The monoisotopic (exact) mass is 615 g/mol. The number of carbonyl (C=O) groups excluding carboxylic acids is 1. The number of carboxylic acids is 1. The highest BCUT2D eigenvalue weighted by Crippen LogP contribution is 2.77. The van der Waals surface area contributed by atoms with Gasteiger partial charge in [-0.3, -0.25) is 4.79 Å². The van der Waals surface area contributed by atoms with Crippen LogP contribution in [-0.4, -0.2) is 37.2 Å². The predicted molar refractivity (Wildman–Crippen MR) is 181 cm³/mol. The van der Waals surface area contributed by atoms with Gasteiger partial charge < -0.3 is 15.2 Å². The second-order valence-electron chi connectivity index (χ2n) is 17.2. The predicted octanol–water partition coefficient (Wildman–Crippen LogP) is 8.80. The number of aromatic carboxylic acids is 1. The minimum absolute atomic E-state index is 0.0142. The molecule has 246 valence electrons. The smallest absolute Gasteiger partial charge is 0.335 e. The maximum atomic E-state index is 12.0. The molecule has 0 radical (unpaired) electrons. The van der Waals surface area contributed by atoms with Crippen LogP contribution < -0.4 is 5.32 Å². The minimum atomic E-state index is -0.869. The standard InChI is InChI=1S/C40H57NO4/c1-25(2)28-15-20-40(24-41-23-33(42)45-8)22-21-38(6)30(34(28)40)13-14-32-37(5)18-16-29(26-9-11-27(12-10-26)35(43)44)36(3,4)31(37)17-19-39(32,38)7/h9-12,16,28,30-32,34,41H,1,13-15,17-24H2,2-8H3,(H,43,44)/t28-,30+,31-,32+,34+,37-,38+,39+,40+/m0/s1. The summed E-state index contributed by atoms with van der Waals surface area (Å²) in [7, 11) is 1.47. The van der Waals surface area contributed by atoms with E-state index in [1.165, 1.54) is 75.2 Å². The fraction of sp³-hybridized carbons (Fsp3) is 0.700. The van der Waals surface area contributed by atoms with Crippen LogP contribution in [0.3, 0.4) is 0 Å². The van der Waals surface area contributed by atoms with Crippen LogP contribution in [0.2, 0.25) is 0 Å². The van der Waals surface area contributed by atoms with Crippen molar-refractivity contribution in [1.29, 1.82) is 0 Å². The molecule has 0 heterocycles. The van der Waals surface area contributed by atoms with Gasteiger partial charge in [-0.25, -0.2) is 4.79 Å². The molecule has 0 amide bonds. The lowest BCUT2D eigenvalue weighted by molar-refractivity contribution is -0.225. The number of esters is 1. The van der Waals surface area contributed by atoms with Gasteiger partial charge in [-0.2, -0.15) is 0 Å².